The Morgan fingerprint density at radius 3 is 2.46 bits per heavy atom. The number of rotatable bonds is 1. The number of hydrogen-bond acceptors (Lipinski definition) is 3. The van der Waals surface area contributed by atoms with Gasteiger partial charge in [0.05, 0.1) is 10.8 Å². The van der Waals surface area contributed by atoms with Gasteiger partial charge < -0.3 is 0 Å². The maximum absolute atomic E-state index is 12.2. The van der Waals surface area contributed by atoms with E-state index in [0.717, 1.165) is 12.6 Å². The fraction of sp³-hybridized carbons (Fsp3) is 0.333. The molecule has 1 aromatic heterocycles. The highest BCUT2D eigenvalue weighted by Gasteiger charge is 2.35. The third-order valence-corrected chi connectivity index (χ3v) is 2.12. The SMILES string of the molecule is CS(=O)c1ncncc1C(F)(F)F. The van der Waals surface area contributed by atoms with Crippen LogP contribution in [0.1, 0.15) is 5.56 Å². The van der Waals surface area contributed by atoms with E-state index in [4.69, 9.17) is 0 Å². The van der Waals surface area contributed by atoms with Gasteiger partial charge in [-0.3, -0.25) is 4.21 Å². The van der Waals surface area contributed by atoms with Gasteiger partial charge in [0, 0.05) is 12.5 Å². The summed E-state index contributed by atoms with van der Waals surface area (Å²) in [6.07, 6.45) is -1.87. The molecule has 0 bridgehead atoms. The second-order valence-electron chi connectivity index (χ2n) is 2.19. The van der Waals surface area contributed by atoms with E-state index in [9.17, 15) is 17.4 Å². The largest absolute Gasteiger partial charge is 0.420 e. The molecule has 0 aliphatic heterocycles. The standard InChI is InChI=1S/C6H5F3N2OS/c1-13(12)5-4(6(7,8)9)2-10-3-11-5/h2-3H,1H3. The van der Waals surface area contributed by atoms with Crippen LogP contribution in [0.3, 0.4) is 0 Å². The molecule has 72 valence electrons. The van der Waals surface area contributed by atoms with Crippen LogP contribution in [-0.4, -0.2) is 20.4 Å². The van der Waals surface area contributed by atoms with E-state index in [-0.39, 0.29) is 0 Å². The number of hydrogen-bond donors (Lipinski definition) is 0. The summed E-state index contributed by atoms with van der Waals surface area (Å²) >= 11 is 0. The Morgan fingerprint density at radius 1 is 1.46 bits per heavy atom. The van der Waals surface area contributed by atoms with Crippen molar-refractivity contribution in [2.75, 3.05) is 6.26 Å². The Hall–Kier alpha value is -0.980. The van der Waals surface area contributed by atoms with Crippen molar-refractivity contribution < 1.29 is 17.4 Å². The van der Waals surface area contributed by atoms with E-state index in [2.05, 4.69) is 9.97 Å². The van der Waals surface area contributed by atoms with Gasteiger partial charge in [-0.25, -0.2) is 9.97 Å². The first-order valence-electron chi connectivity index (χ1n) is 3.13. The van der Waals surface area contributed by atoms with Gasteiger partial charge in [-0.2, -0.15) is 13.2 Å². The highest BCUT2D eigenvalue weighted by Crippen LogP contribution is 2.31. The van der Waals surface area contributed by atoms with Gasteiger partial charge in [-0.1, -0.05) is 0 Å². The molecular formula is C6H5F3N2OS. The van der Waals surface area contributed by atoms with Crippen LogP contribution >= 0.6 is 0 Å². The Bertz CT molecular complexity index is 339. The molecule has 0 aliphatic carbocycles. The Kier molecular flexibility index (Phi) is 2.65. The van der Waals surface area contributed by atoms with Gasteiger partial charge in [0.2, 0.25) is 0 Å². The first-order chi connectivity index (χ1) is 5.93. The number of nitrogens with zero attached hydrogens (tertiary/aromatic N) is 2. The van der Waals surface area contributed by atoms with Crippen molar-refractivity contribution in [3.8, 4) is 0 Å². The van der Waals surface area contributed by atoms with Gasteiger partial charge in [-0.15, -0.1) is 0 Å². The highest BCUT2D eigenvalue weighted by atomic mass is 32.2. The molecule has 1 aromatic rings. The highest BCUT2D eigenvalue weighted by molar-refractivity contribution is 7.84. The third kappa shape index (κ3) is 2.24. The molecule has 0 saturated carbocycles. The molecule has 1 atom stereocenters. The smallest absolute Gasteiger partial charge is 0.253 e. The van der Waals surface area contributed by atoms with E-state index in [1.54, 1.807) is 0 Å². The minimum absolute atomic E-state index is 0.484. The van der Waals surface area contributed by atoms with Gasteiger partial charge in [0.15, 0.2) is 0 Å². The lowest BCUT2D eigenvalue weighted by Gasteiger charge is -2.08. The minimum atomic E-state index is -4.55. The van der Waals surface area contributed by atoms with Gasteiger partial charge in [0.1, 0.15) is 16.9 Å². The molecule has 7 heteroatoms. The topological polar surface area (TPSA) is 42.9 Å². The molecule has 0 N–H and O–H groups in total. The second kappa shape index (κ2) is 3.41. The zero-order valence-corrected chi connectivity index (χ0v) is 7.32. The van der Waals surface area contributed by atoms with Crippen molar-refractivity contribution in [2.45, 2.75) is 11.2 Å². The summed E-state index contributed by atoms with van der Waals surface area (Å²) in [4.78, 5) is 6.54. The maximum atomic E-state index is 12.2. The van der Waals surface area contributed by atoms with Crippen LogP contribution in [0, 0.1) is 0 Å². The Morgan fingerprint density at radius 2 is 2.08 bits per heavy atom. The van der Waals surface area contributed by atoms with Crippen molar-refractivity contribution >= 4 is 10.8 Å². The van der Waals surface area contributed by atoms with Crippen molar-refractivity contribution in [1.29, 1.82) is 0 Å². The molecule has 3 nitrogen and oxygen atoms in total. The summed E-state index contributed by atoms with van der Waals surface area (Å²) in [7, 11) is -1.76. The average Bonchev–Trinajstić information content (AvgIpc) is 2.03. The van der Waals surface area contributed by atoms with Gasteiger partial charge >= 0.3 is 6.18 Å². The molecule has 1 unspecified atom stereocenters. The summed E-state index contributed by atoms with van der Waals surface area (Å²) in [6.45, 7) is 0. The number of alkyl halides is 3. The monoisotopic (exact) mass is 210 g/mol. The van der Waals surface area contributed by atoms with Crippen molar-refractivity contribution in [3.05, 3.63) is 18.1 Å². The van der Waals surface area contributed by atoms with Crippen LogP contribution in [0.4, 0.5) is 13.2 Å². The maximum Gasteiger partial charge on any atom is 0.420 e. The third-order valence-electron chi connectivity index (χ3n) is 1.25. The zero-order chi connectivity index (χ0) is 10.1. The average molecular weight is 210 g/mol. The summed E-state index contributed by atoms with van der Waals surface area (Å²) in [5.41, 5.74) is -1.05. The second-order valence-corrected chi connectivity index (χ2v) is 3.49. The lowest BCUT2D eigenvalue weighted by Crippen LogP contribution is -2.11. The van der Waals surface area contributed by atoms with Crippen LogP contribution in [0.5, 0.6) is 0 Å². The first kappa shape index (κ1) is 10.1. The van der Waals surface area contributed by atoms with Crippen LogP contribution in [0.15, 0.2) is 17.6 Å². The molecule has 13 heavy (non-hydrogen) atoms. The van der Waals surface area contributed by atoms with Gasteiger partial charge in [-0.05, 0) is 0 Å². The molecule has 0 aliphatic rings. The van der Waals surface area contributed by atoms with E-state index in [1.807, 2.05) is 0 Å². The van der Waals surface area contributed by atoms with Crippen molar-refractivity contribution in [1.82, 2.24) is 9.97 Å². The van der Waals surface area contributed by atoms with E-state index in [0.29, 0.717) is 6.20 Å². The first-order valence-corrected chi connectivity index (χ1v) is 4.69. The Balaban J connectivity index is 3.28. The van der Waals surface area contributed by atoms with Crippen LogP contribution < -0.4 is 0 Å². The summed E-state index contributed by atoms with van der Waals surface area (Å²) in [5.74, 6) is 0. The number of aromatic nitrogens is 2. The zero-order valence-electron chi connectivity index (χ0n) is 6.50. The van der Waals surface area contributed by atoms with E-state index < -0.39 is 27.6 Å². The molecule has 0 amide bonds. The van der Waals surface area contributed by atoms with E-state index in [1.165, 1.54) is 0 Å². The lowest BCUT2D eigenvalue weighted by molar-refractivity contribution is -0.140. The lowest BCUT2D eigenvalue weighted by atomic mass is 10.3. The predicted octanol–water partition coefficient (Wildman–Crippen LogP) is 1.23. The summed E-state index contributed by atoms with van der Waals surface area (Å²) in [5, 5.41) is -0.484. The fourth-order valence-corrected chi connectivity index (χ4v) is 1.42. The quantitative estimate of drug-likeness (QED) is 0.655. The minimum Gasteiger partial charge on any atom is -0.253 e. The van der Waals surface area contributed by atoms with Crippen LogP contribution in [-0.2, 0) is 17.0 Å². The van der Waals surface area contributed by atoms with Crippen LogP contribution in [0.2, 0.25) is 0 Å². The summed E-state index contributed by atoms with van der Waals surface area (Å²) < 4.78 is 47.4. The summed E-state index contributed by atoms with van der Waals surface area (Å²) in [6, 6.07) is 0. The molecule has 1 rings (SSSR count). The molecule has 0 saturated heterocycles. The Labute approximate surface area is 74.5 Å². The predicted molar refractivity (Wildman–Crippen MR) is 39.4 cm³/mol. The molecule has 0 aromatic carbocycles. The number of halogens is 3. The molecule has 0 fully saturated rings. The van der Waals surface area contributed by atoms with Crippen molar-refractivity contribution in [3.63, 3.8) is 0 Å². The molecular weight excluding hydrogens is 205 g/mol. The van der Waals surface area contributed by atoms with Gasteiger partial charge in [0.25, 0.3) is 0 Å². The van der Waals surface area contributed by atoms with Crippen molar-refractivity contribution in [2.24, 2.45) is 0 Å². The molecule has 1 heterocycles. The normalized spacial score (nSPS) is 14.2. The fourth-order valence-electron chi connectivity index (χ4n) is 0.742. The molecule has 0 spiro atoms. The van der Waals surface area contributed by atoms with E-state index >= 15 is 0 Å². The van der Waals surface area contributed by atoms with Crippen LogP contribution in [0.25, 0.3) is 0 Å². The molecule has 0 radical (unpaired) electrons.